The summed E-state index contributed by atoms with van der Waals surface area (Å²) in [5, 5.41) is 37.7. The zero-order valence-electron chi connectivity index (χ0n) is 28.1. The van der Waals surface area contributed by atoms with Gasteiger partial charge >= 0.3 is 5.97 Å². The molecule has 5 atom stereocenters. The van der Waals surface area contributed by atoms with Crippen LogP contribution in [0.2, 0.25) is 0 Å². The van der Waals surface area contributed by atoms with E-state index in [1.807, 2.05) is 26.0 Å². The first-order valence-electron chi connectivity index (χ1n) is 17.1. The van der Waals surface area contributed by atoms with Gasteiger partial charge in [0.2, 0.25) is 5.91 Å². The number of aliphatic carboxylic acids is 1. The highest BCUT2D eigenvalue weighted by atomic mass is 16.4. The Kier molecular flexibility index (Phi) is 13.1. The number of carbonyl (C=O) groups excluding carboxylic acids is 1. The van der Waals surface area contributed by atoms with Crippen molar-refractivity contribution in [2.24, 2.45) is 22.7 Å². The highest BCUT2D eigenvalue weighted by Gasteiger charge is 2.57. The van der Waals surface area contributed by atoms with Gasteiger partial charge in [-0.15, -0.1) is 0 Å². The molecule has 0 spiro atoms. The Morgan fingerprint density at radius 2 is 1.66 bits per heavy atom. The molecule has 2 aliphatic carbocycles. The van der Waals surface area contributed by atoms with Gasteiger partial charge in [0, 0.05) is 19.5 Å². The molecule has 1 aromatic rings. The van der Waals surface area contributed by atoms with Gasteiger partial charge in [0.25, 0.3) is 0 Å². The van der Waals surface area contributed by atoms with Crippen LogP contribution in [0.1, 0.15) is 129 Å². The third kappa shape index (κ3) is 10.7. The molecular formula is C37H60N2O5. The van der Waals surface area contributed by atoms with Crippen LogP contribution in [-0.2, 0) is 16.1 Å². The SMILES string of the molecule is CC1(C)CCC[C@]2(C)[C@@H](CC[C@@](C)(O)/C=C/c3ccc(CNCCCCCCNC(=O)CCC(=O)O)cc3)[C@](C)(O)CC[C@@H]12. The van der Waals surface area contributed by atoms with Crippen molar-refractivity contribution in [2.75, 3.05) is 13.1 Å². The number of amides is 1. The lowest BCUT2D eigenvalue weighted by atomic mass is 9.45. The van der Waals surface area contributed by atoms with E-state index in [0.717, 1.165) is 63.6 Å². The highest BCUT2D eigenvalue weighted by Crippen LogP contribution is 2.63. The Morgan fingerprint density at radius 3 is 2.34 bits per heavy atom. The quantitative estimate of drug-likeness (QED) is 0.123. The number of fused-ring (bicyclic) bond motifs is 1. The lowest BCUT2D eigenvalue weighted by Crippen LogP contribution is -2.57. The summed E-state index contributed by atoms with van der Waals surface area (Å²) in [4.78, 5) is 22.0. The Morgan fingerprint density at radius 1 is 0.977 bits per heavy atom. The first kappa shape index (κ1) is 36.3. The molecule has 2 saturated carbocycles. The molecule has 2 fully saturated rings. The molecule has 248 valence electrons. The maximum atomic E-state index is 11.5. The molecule has 0 saturated heterocycles. The van der Waals surface area contributed by atoms with Gasteiger partial charge in [0.15, 0.2) is 0 Å². The number of hydrogen-bond acceptors (Lipinski definition) is 5. The minimum atomic E-state index is -0.946. The van der Waals surface area contributed by atoms with E-state index in [-0.39, 0.29) is 30.1 Å². The summed E-state index contributed by atoms with van der Waals surface area (Å²) in [5.74, 6) is -0.337. The minimum absolute atomic E-state index is 0.0431. The molecule has 5 N–H and O–H groups in total. The number of unbranched alkanes of at least 4 members (excludes halogenated alkanes) is 3. The molecule has 0 aromatic heterocycles. The Bertz CT molecular complexity index is 1090. The van der Waals surface area contributed by atoms with Gasteiger partial charge in [0.1, 0.15) is 0 Å². The van der Waals surface area contributed by atoms with E-state index in [4.69, 9.17) is 5.11 Å². The number of rotatable bonds is 17. The molecule has 7 heteroatoms. The average molecular weight is 613 g/mol. The van der Waals surface area contributed by atoms with Crippen molar-refractivity contribution in [1.29, 1.82) is 0 Å². The van der Waals surface area contributed by atoms with Gasteiger partial charge in [-0.05, 0) is 106 Å². The molecule has 0 unspecified atom stereocenters. The molecule has 1 aromatic carbocycles. The fraction of sp³-hybridized carbons (Fsp3) is 0.730. The number of nitrogens with one attached hydrogen (secondary N) is 2. The maximum Gasteiger partial charge on any atom is 0.303 e. The van der Waals surface area contributed by atoms with Crippen molar-refractivity contribution in [1.82, 2.24) is 10.6 Å². The molecule has 3 rings (SSSR count). The zero-order chi connectivity index (χ0) is 32.4. The molecule has 1 amide bonds. The topological polar surface area (TPSA) is 119 Å². The largest absolute Gasteiger partial charge is 0.481 e. The molecule has 0 radical (unpaired) electrons. The van der Waals surface area contributed by atoms with Crippen LogP contribution in [0.25, 0.3) is 6.08 Å². The van der Waals surface area contributed by atoms with Gasteiger partial charge in [-0.25, -0.2) is 0 Å². The first-order chi connectivity index (χ1) is 20.6. The molecule has 0 heterocycles. The number of benzene rings is 1. The minimum Gasteiger partial charge on any atom is -0.481 e. The first-order valence-corrected chi connectivity index (χ1v) is 17.1. The monoisotopic (exact) mass is 612 g/mol. The van der Waals surface area contributed by atoms with Crippen LogP contribution >= 0.6 is 0 Å². The lowest BCUT2D eigenvalue weighted by molar-refractivity contribution is -0.171. The molecule has 0 aliphatic heterocycles. The van der Waals surface area contributed by atoms with Crippen LogP contribution < -0.4 is 10.6 Å². The Balaban J connectivity index is 1.37. The fourth-order valence-electron chi connectivity index (χ4n) is 8.31. The molecule has 7 nitrogen and oxygen atoms in total. The highest BCUT2D eigenvalue weighted by molar-refractivity contribution is 5.80. The number of hydrogen-bond donors (Lipinski definition) is 5. The Labute approximate surface area is 266 Å². The number of aliphatic hydroxyl groups is 2. The maximum absolute atomic E-state index is 11.5. The third-order valence-electron chi connectivity index (χ3n) is 10.8. The number of carboxylic acids is 1. The summed E-state index contributed by atoms with van der Waals surface area (Å²) < 4.78 is 0. The van der Waals surface area contributed by atoms with Crippen LogP contribution in [0.5, 0.6) is 0 Å². The summed E-state index contributed by atoms with van der Waals surface area (Å²) >= 11 is 0. The predicted octanol–water partition coefficient (Wildman–Crippen LogP) is 6.86. The number of carboxylic acid groups (broad SMARTS) is 1. The predicted molar refractivity (Wildman–Crippen MR) is 178 cm³/mol. The van der Waals surface area contributed by atoms with Gasteiger partial charge in [-0.2, -0.15) is 0 Å². The van der Waals surface area contributed by atoms with Crippen molar-refractivity contribution in [3.63, 3.8) is 0 Å². The van der Waals surface area contributed by atoms with E-state index in [1.165, 1.54) is 24.8 Å². The van der Waals surface area contributed by atoms with Crippen LogP contribution in [0.4, 0.5) is 0 Å². The normalized spacial score (nSPS) is 27.9. The zero-order valence-corrected chi connectivity index (χ0v) is 28.1. The van der Waals surface area contributed by atoms with Crippen molar-refractivity contribution in [3.05, 3.63) is 41.5 Å². The van der Waals surface area contributed by atoms with E-state index < -0.39 is 17.2 Å². The van der Waals surface area contributed by atoms with Crippen LogP contribution in [-0.4, -0.2) is 51.5 Å². The van der Waals surface area contributed by atoms with Crippen molar-refractivity contribution >= 4 is 18.0 Å². The number of carbonyl (C=O) groups is 2. The summed E-state index contributed by atoms with van der Waals surface area (Å²) in [6, 6.07) is 8.44. The smallest absolute Gasteiger partial charge is 0.303 e. The van der Waals surface area contributed by atoms with E-state index >= 15 is 0 Å². The summed E-state index contributed by atoms with van der Waals surface area (Å²) in [6.07, 6.45) is 15.0. The van der Waals surface area contributed by atoms with Gasteiger partial charge < -0.3 is 26.0 Å². The fourth-order valence-corrected chi connectivity index (χ4v) is 8.31. The molecule has 0 bridgehead atoms. The van der Waals surface area contributed by atoms with E-state index in [2.05, 4.69) is 55.7 Å². The summed E-state index contributed by atoms with van der Waals surface area (Å²) in [6.45, 7) is 13.5. The molecule has 44 heavy (non-hydrogen) atoms. The van der Waals surface area contributed by atoms with Crippen molar-refractivity contribution in [3.8, 4) is 0 Å². The summed E-state index contributed by atoms with van der Waals surface area (Å²) in [7, 11) is 0. The van der Waals surface area contributed by atoms with E-state index in [0.29, 0.717) is 24.3 Å². The average Bonchev–Trinajstić information content (AvgIpc) is 2.93. The summed E-state index contributed by atoms with van der Waals surface area (Å²) in [5.41, 5.74) is 1.08. The van der Waals surface area contributed by atoms with E-state index in [9.17, 15) is 19.8 Å². The van der Waals surface area contributed by atoms with Crippen LogP contribution in [0.15, 0.2) is 30.3 Å². The van der Waals surface area contributed by atoms with Crippen LogP contribution in [0.3, 0.4) is 0 Å². The van der Waals surface area contributed by atoms with Crippen LogP contribution in [0, 0.1) is 22.7 Å². The lowest BCUT2D eigenvalue weighted by Gasteiger charge is -2.61. The van der Waals surface area contributed by atoms with Gasteiger partial charge in [0.05, 0.1) is 17.6 Å². The second kappa shape index (κ2) is 15.9. The molecular weight excluding hydrogens is 552 g/mol. The van der Waals surface area contributed by atoms with Gasteiger partial charge in [-0.1, -0.05) is 76.5 Å². The third-order valence-corrected chi connectivity index (χ3v) is 10.8. The van der Waals surface area contributed by atoms with Gasteiger partial charge in [-0.3, -0.25) is 9.59 Å². The second-order valence-electron chi connectivity index (χ2n) is 15.2. The Hall–Kier alpha value is -2.22. The van der Waals surface area contributed by atoms with E-state index in [1.54, 1.807) is 0 Å². The molecule has 2 aliphatic rings. The standard InChI is InChI=1S/C37H60N2O5/c1-34(2)20-10-21-36(4)30(34)19-24-37(5,44)31(36)18-23-35(3,43)22-17-28-11-13-29(14-12-28)27-38-25-8-6-7-9-26-39-32(40)15-16-33(41)42/h11-14,17,22,30-31,38,43-44H,6-10,15-16,18-21,23-27H2,1-5H3,(H,39,40)(H,41,42)/b22-17+/t30-,31+,35-,36-,37+/m0/s1. The van der Waals surface area contributed by atoms with Crippen molar-refractivity contribution in [2.45, 2.75) is 136 Å². The van der Waals surface area contributed by atoms with Crippen molar-refractivity contribution < 1.29 is 24.9 Å². The second-order valence-corrected chi connectivity index (χ2v) is 15.2.